The van der Waals surface area contributed by atoms with Gasteiger partial charge in [0.1, 0.15) is 12.4 Å². The molecule has 2 N–H and O–H groups in total. The van der Waals surface area contributed by atoms with Crippen molar-refractivity contribution in [2.24, 2.45) is 0 Å². The molecule has 0 heterocycles. The third-order valence-electron chi connectivity index (χ3n) is 2.10. The van der Waals surface area contributed by atoms with Crippen molar-refractivity contribution in [2.75, 3.05) is 19.7 Å². The molecular formula is C13H17NO3. The summed E-state index contributed by atoms with van der Waals surface area (Å²) < 4.78 is 5.49. The molecule has 0 radical (unpaired) electrons. The SMILES string of the molecule is CCNCCOc1ccc(/C=C/C(=O)O)cc1. The fourth-order valence-corrected chi connectivity index (χ4v) is 1.26. The first-order valence-electron chi connectivity index (χ1n) is 5.57. The zero-order valence-electron chi connectivity index (χ0n) is 9.85. The lowest BCUT2D eigenvalue weighted by molar-refractivity contribution is -0.131. The molecular weight excluding hydrogens is 218 g/mol. The summed E-state index contributed by atoms with van der Waals surface area (Å²) >= 11 is 0. The molecule has 0 aliphatic carbocycles. The fraction of sp³-hybridized carbons (Fsp3) is 0.308. The molecule has 17 heavy (non-hydrogen) atoms. The second-order valence-corrected chi connectivity index (χ2v) is 3.44. The Morgan fingerprint density at radius 1 is 1.41 bits per heavy atom. The summed E-state index contributed by atoms with van der Waals surface area (Å²) in [5.74, 6) is -0.161. The second-order valence-electron chi connectivity index (χ2n) is 3.44. The van der Waals surface area contributed by atoms with Crippen LogP contribution in [0.15, 0.2) is 30.3 Å². The lowest BCUT2D eigenvalue weighted by Crippen LogP contribution is -2.20. The lowest BCUT2D eigenvalue weighted by Gasteiger charge is -2.06. The molecule has 0 saturated carbocycles. The molecule has 1 rings (SSSR count). The number of ether oxygens (including phenoxy) is 1. The van der Waals surface area contributed by atoms with Crippen molar-refractivity contribution < 1.29 is 14.6 Å². The van der Waals surface area contributed by atoms with Crippen molar-refractivity contribution in [1.82, 2.24) is 5.32 Å². The quantitative estimate of drug-likeness (QED) is 0.558. The molecule has 1 aromatic rings. The number of benzene rings is 1. The standard InChI is InChI=1S/C13H17NO3/c1-2-14-9-10-17-12-6-3-11(4-7-12)5-8-13(15)16/h3-8,14H,2,9-10H2,1H3,(H,15,16)/b8-5+. The number of rotatable bonds is 7. The highest BCUT2D eigenvalue weighted by Gasteiger charge is 1.94. The number of hydrogen-bond acceptors (Lipinski definition) is 3. The number of hydrogen-bond donors (Lipinski definition) is 2. The van der Waals surface area contributed by atoms with Crippen molar-refractivity contribution >= 4 is 12.0 Å². The van der Waals surface area contributed by atoms with Crippen LogP contribution in [0.1, 0.15) is 12.5 Å². The second kappa shape index (κ2) is 7.46. The van der Waals surface area contributed by atoms with Gasteiger partial charge in [-0.15, -0.1) is 0 Å². The largest absolute Gasteiger partial charge is 0.492 e. The molecule has 0 saturated heterocycles. The number of carboxylic acids is 1. The molecule has 0 aliphatic rings. The van der Waals surface area contributed by atoms with E-state index in [1.54, 1.807) is 6.08 Å². The smallest absolute Gasteiger partial charge is 0.328 e. The van der Waals surface area contributed by atoms with Gasteiger partial charge in [0.05, 0.1) is 0 Å². The topological polar surface area (TPSA) is 58.6 Å². The average molecular weight is 235 g/mol. The maximum absolute atomic E-state index is 10.3. The number of carbonyl (C=O) groups is 1. The van der Waals surface area contributed by atoms with Crippen LogP contribution in [0.5, 0.6) is 5.75 Å². The monoisotopic (exact) mass is 235 g/mol. The van der Waals surface area contributed by atoms with Gasteiger partial charge >= 0.3 is 5.97 Å². The molecule has 4 nitrogen and oxygen atoms in total. The molecule has 92 valence electrons. The maximum atomic E-state index is 10.3. The number of carboxylic acid groups (broad SMARTS) is 1. The third-order valence-corrected chi connectivity index (χ3v) is 2.10. The summed E-state index contributed by atoms with van der Waals surface area (Å²) in [5, 5.41) is 11.6. The van der Waals surface area contributed by atoms with Crippen molar-refractivity contribution in [2.45, 2.75) is 6.92 Å². The van der Waals surface area contributed by atoms with Gasteiger partial charge in [-0.3, -0.25) is 0 Å². The maximum Gasteiger partial charge on any atom is 0.328 e. The molecule has 0 bridgehead atoms. The Bertz CT molecular complexity index is 371. The summed E-state index contributed by atoms with van der Waals surface area (Å²) in [6, 6.07) is 7.30. The first kappa shape index (κ1) is 13.3. The van der Waals surface area contributed by atoms with Crippen LogP contribution in [0.25, 0.3) is 6.08 Å². The van der Waals surface area contributed by atoms with E-state index in [2.05, 4.69) is 5.32 Å². The average Bonchev–Trinajstić information content (AvgIpc) is 2.33. The van der Waals surface area contributed by atoms with E-state index in [9.17, 15) is 4.79 Å². The van der Waals surface area contributed by atoms with E-state index in [-0.39, 0.29) is 0 Å². The zero-order chi connectivity index (χ0) is 12.5. The van der Waals surface area contributed by atoms with Crippen LogP contribution in [0.3, 0.4) is 0 Å². The van der Waals surface area contributed by atoms with Gasteiger partial charge in [0, 0.05) is 12.6 Å². The van der Waals surface area contributed by atoms with Crippen LogP contribution in [-0.2, 0) is 4.79 Å². The van der Waals surface area contributed by atoms with Gasteiger partial charge in [0.2, 0.25) is 0 Å². The molecule has 0 amide bonds. The van der Waals surface area contributed by atoms with Gasteiger partial charge in [0.15, 0.2) is 0 Å². The summed E-state index contributed by atoms with van der Waals surface area (Å²) in [6.07, 6.45) is 2.66. The Morgan fingerprint density at radius 3 is 2.71 bits per heavy atom. The highest BCUT2D eigenvalue weighted by molar-refractivity contribution is 5.85. The predicted octanol–water partition coefficient (Wildman–Crippen LogP) is 1.77. The van der Waals surface area contributed by atoms with Gasteiger partial charge in [0.25, 0.3) is 0 Å². The van der Waals surface area contributed by atoms with Gasteiger partial charge < -0.3 is 15.2 Å². The Kier molecular flexibility index (Phi) is 5.82. The normalized spacial score (nSPS) is 10.6. The molecule has 0 unspecified atom stereocenters. The summed E-state index contributed by atoms with van der Waals surface area (Å²) in [7, 11) is 0. The van der Waals surface area contributed by atoms with E-state index in [1.165, 1.54) is 0 Å². The third kappa shape index (κ3) is 5.73. The van der Waals surface area contributed by atoms with E-state index in [4.69, 9.17) is 9.84 Å². The molecule has 0 atom stereocenters. The highest BCUT2D eigenvalue weighted by Crippen LogP contribution is 2.12. The predicted molar refractivity (Wildman–Crippen MR) is 67.2 cm³/mol. The zero-order valence-corrected chi connectivity index (χ0v) is 9.85. The van der Waals surface area contributed by atoms with Gasteiger partial charge in [-0.05, 0) is 30.3 Å². The van der Waals surface area contributed by atoms with Crippen LogP contribution in [0.2, 0.25) is 0 Å². The first-order valence-corrected chi connectivity index (χ1v) is 5.57. The van der Waals surface area contributed by atoms with Crippen molar-refractivity contribution in [3.63, 3.8) is 0 Å². The van der Waals surface area contributed by atoms with Gasteiger partial charge in [-0.2, -0.15) is 0 Å². The number of nitrogens with one attached hydrogen (secondary N) is 1. The number of aliphatic carboxylic acids is 1. The van der Waals surface area contributed by atoms with Crippen molar-refractivity contribution in [3.05, 3.63) is 35.9 Å². The van der Waals surface area contributed by atoms with Crippen molar-refractivity contribution in [1.29, 1.82) is 0 Å². The Hall–Kier alpha value is -1.81. The Balaban J connectivity index is 2.42. The minimum absolute atomic E-state index is 0.623. The first-order chi connectivity index (χ1) is 8.22. The van der Waals surface area contributed by atoms with E-state index in [0.29, 0.717) is 6.61 Å². The minimum atomic E-state index is -0.948. The van der Waals surface area contributed by atoms with Crippen LogP contribution in [0, 0.1) is 0 Å². The Labute approximate surface area is 101 Å². The molecule has 0 fully saturated rings. The summed E-state index contributed by atoms with van der Waals surface area (Å²) in [4.78, 5) is 10.3. The van der Waals surface area contributed by atoms with Crippen LogP contribution in [0.4, 0.5) is 0 Å². The summed E-state index contributed by atoms with van der Waals surface area (Å²) in [6.45, 7) is 4.42. The minimum Gasteiger partial charge on any atom is -0.492 e. The van der Waals surface area contributed by atoms with E-state index >= 15 is 0 Å². The van der Waals surface area contributed by atoms with E-state index in [0.717, 1.165) is 30.5 Å². The van der Waals surface area contributed by atoms with E-state index in [1.807, 2.05) is 31.2 Å². The van der Waals surface area contributed by atoms with Crippen LogP contribution >= 0.6 is 0 Å². The molecule has 0 spiro atoms. The molecule has 0 aromatic heterocycles. The van der Waals surface area contributed by atoms with Crippen molar-refractivity contribution in [3.8, 4) is 5.75 Å². The highest BCUT2D eigenvalue weighted by atomic mass is 16.5. The van der Waals surface area contributed by atoms with Crippen LogP contribution < -0.4 is 10.1 Å². The molecule has 0 aliphatic heterocycles. The Morgan fingerprint density at radius 2 is 2.12 bits per heavy atom. The van der Waals surface area contributed by atoms with Gasteiger partial charge in [-0.25, -0.2) is 4.79 Å². The fourth-order valence-electron chi connectivity index (χ4n) is 1.26. The lowest BCUT2D eigenvalue weighted by atomic mass is 10.2. The molecule has 1 aromatic carbocycles. The van der Waals surface area contributed by atoms with Gasteiger partial charge in [-0.1, -0.05) is 19.1 Å². The van der Waals surface area contributed by atoms with E-state index < -0.39 is 5.97 Å². The number of likely N-dealkylation sites (N-methyl/N-ethyl adjacent to an activating group) is 1. The summed E-state index contributed by atoms with van der Waals surface area (Å²) in [5.41, 5.74) is 0.839. The van der Waals surface area contributed by atoms with Crippen LogP contribution in [-0.4, -0.2) is 30.8 Å². The molecule has 4 heteroatoms.